The lowest BCUT2D eigenvalue weighted by Gasteiger charge is -2.23. The minimum atomic E-state index is -3.13. The van der Waals surface area contributed by atoms with Crippen molar-refractivity contribution in [2.24, 2.45) is 0 Å². The molecule has 1 aromatic carbocycles. The second-order valence-corrected chi connectivity index (χ2v) is 7.68. The molecule has 1 atom stereocenters. The van der Waals surface area contributed by atoms with Gasteiger partial charge in [-0.2, -0.15) is 0 Å². The third-order valence-electron chi connectivity index (χ3n) is 3.80. The number of ether oxygens (including phenoxy) is 1. The normalized spacial score (nSPS) is 19.4. The van der Waals surface area contributed by atoms with Crippen molar-refractivity contribution in [3.05, 3.63) is 24.3 Å². The lowest BCUT2D eigenvalue weighted by Crippen LogP contribution is -2.35. The minimum absolute atomic E-state index is 0.195. The third kappa shape index (κ3) is 5.00. The Hall–Kier alpha value is -1.07. The molecule has 21 heavy (non-hydrogen) atoms. The van der Waals surface area contributed by atoms with Crippen molar-refractivity contribution in [3.8, 4) is 5.75 Å². The van der Waals surface area contributed by atoms with Crippen LogP contribution in [-0.4, -0.2) is 33.4 Å². The average Bonchev–Trinajstić information content (AvgIpc) is 2.49. The van der Waals surface area contributed by atoms with Gasteiger partial charge in [0.05, 0.1) is 17.3 Å². The first-order valence-electron chi connectivity index (χ1n) is 7.81. The lowest BCUT2D eigenvalue weighted by atomic mass is 10.0. The highest BCUT2D eigenvalue weighted by Crippen LogP contribution is 2.18. The van der Waals surface area contributed by atoms with Gasteiger partial charge in [0.1, 0.15) is 5.75 Å². The maximum absolute atomic E-state index is 11.9. The number of piperidine rings is 1. The number of nitrogens with one attached hydrogen (secondary N) is 1. The molecule has 0 bridgehead atoms. The molecular weight excluding hydrogens is 286 g/mol. The Morgan fingerprint density at radius 3 is 2.62 bits per heavy atom. The monoisotopic (exact) mass is 311 g/mol. The molecule has 0 aliphatic carbocycles. The van der Waals surface area contributed by atoms with E-state index in [1.807, 2.05) is 6.92 Å². The molecule has 1 saturated heterocycles. The van der Waals surface area contributed by atoms with Crippen LogP contribution in [-0.2, 0) is 9.84 Å². The van der Waals surface area contributed by atoms with Gasteiger partial charge in [-0.1, -0.05) is 13.3 Å². The molecule has 1 aliphatic heterocycles. The van der Waals surface area contributed by atoms with Crippen LogP contribution >= 0.6 is 0 Å². The van der Waals surface area contributed by atoms with Crippen LogP contribution in [0.25, 0.3) is 0 Å². The summed E-state index contributed by atoms with van der Waals surface area (Å²) in [6.07, 6.45) is 5.41. The number of rotatable bonds is 7. The van der Waals surface area contributed by atoms with E-state index in [2.05, 4.69) is 5.32 Å². The molecule has 0 saturated carbocycles. The Morgan fingerprint density at radius 1 is 1.24 bits per heavy atom. The van der Waals surface area contributed by atoms with Gasteiger partial charge in [0.2, 0.25) is 0 Å². The second kappa shape index (κ2) is 7.80. The van der Waals surface area contributed by atoms with Gasteiger partial charge in [0, 0.05) is 6.04 Å². The second-order valence-electron chi connectivity index (χ2n) is 5.57. The first-order chi connectivity index (χ1) is 10.1. The molecule has 2 rings (SSSR count). The van der Waals surface area contributed by atoms with Crippen LogP contribution in [0.5, 0.6) is 5.75 Å². The third-order valence-corrected chi connectivity index (χ3v) is 5.74. The predicted molar refractivity (Wildman–Crippen MR) is 84.5 cm³/mol. The van der Waals surface area contributed by atoms with E-state index < -0.39 is 9.84 Å². The highest BCUT2D eigenvalue weighted by Gasteiger charge is 2.14. The fraction of sp³-hybridized carbons (Fsp3) is 0.625. The van der Waals surface area contributed by atoms with E-state index in [0.717, 1.165) is 18.7 Å². The van der Waals surface area contributed by atoms with Crippen molar-refractivity contribution >= 4 is 9.84 Å². The molecule has 118 valence electrons. The maximum Gasteiger partial charge on any atom is 0.178 e. The van der Waals surface area contributed by atoms with Gasteiger partial charge in [-0.25, -0.2) is 8.42 Å². The highest BCUT2D eigenvalue weighted by molar-refractivity contribution is 7.91. The summed E-state index contributed by atoms with van der Waals surface area (Å²) in [4.78, 5) is 0.380. The number of hydrogen-bond acceptors (Lipinski definition) is 4. The van der Waals surface area contributed by atoms with Crippen LogP contribution in [0, 0.1) is 0 Å². The molecule has 0 radical (unpaired) electrons. The summed E-state index contributed by atoms with van der Waals surface area (Å²) in [7, 11) is -3.13. The van der Waals surface area contributed by atoms with Crippen molar-refractivity contribution in [3.63, 3.8) is 0 Å². The smallest absolute Gasteiger partial charge is 0.178 e. The lowest BCUT2D eigenvalue weighted by molar-refractivity contribution is 0.268. The van der Waals surface area contributed by atoms with Crippen LogP contribution in [0.3, 0.4) is 0 Å². The van der Waals surface area contributed by atoms with Gasteiger partial charge in [0.15, 0.2) is 9.84 Å². The van der Waals surface area contributed by atoms with Crippen molar-refractivity contribution in [1.29, 1.82) is 0 Å². The number of hydrogen-bond donors (Lipinski definition) is 1. The molecule has 1 N–H and O–H groups in total. The summed E-state index contributed by atoms with van der Waals surface area (Å²) in [5.74, 6) is 0.932. The van der Waals surface area contributed by atoms with Gasteiger partial charge >= 0.3 is 0 Å². The molecule has 1 aliphatic rings. The standard InChI is InChI=1S/C16H25NO3S/c1-2-13-21(18,19)16-8-6-15(7-9-16)20-12-10-14-5-3-4-11-17-14/h6-9,14,17H,2-5,10-13H2,1H3. The molecule has 0 aromatic heterocycles. The van der Waals surface area contributed by atoms with Crippen LogP contribution in [0.2, 0.25) is 0 Å². The van der Waals surface area contributed by atoms with Gasteiger partial charge in [-0.15, -0.1) is 0 Å². The molecular formula is C16H25NO3S. The largest absolute Gasteiger partial charge is 0.494 e. The first-order valence-corrected chi connectivity index (χ1v) is 9.46. The van der Waals surface area contributed by atoms with Crippen molar-refractivity contribution < 1.29 is 13.2 Å². The highest BCUT2D eigenvalue weighted by atomic mass is 32.2. The summed E-state index contributed by atoms with van der Waals surface area (Å²) in [6.45, 7) is 3.64. The van der Waals surface area contributed by atoms with Gasteiger partial charge in [0.25, 0.3) is 0 Å². The predicted octanol–water partition coefficient (Wildman–Crippen LogP) is 2.78. The zero-order chi connectivity index (χ0) is 15.1. The molecule has 1 heterocycles. The minimum Gasteiger partial charge on any atom is -0.494 e. The first kappa shape index (κ1) is 16.3. The number of benzene rings is 1. The Labute approximate surface area is 127 Å². The molecule has 4 nitrogen and oxygen atoms in total. The number of sulfone groups is 1. The molecule has 5 heteroatoms. The Balaban J connectivity index is 1.82. The van der Waals surface area contributed by atoms with Gasteiger partial charge in [-0.05, 0) is 56.5 Å². The summed E-state index contributed by atoms with van der Waals surface area (Å²) in [6, 6.07) is 7.33. The topological polar surface area (TPSA) is 55.4 Å². The van der Waals surface area contributed by atoms with E-state index in [0.29, 0.717) is 24.0 Å². The van der Waals surface area contributed by atoms with E-state index in [1.165, 1.54) is 19.3 Å². The summed E-state index contributed by atoms with van der Waals surface area (Å²) < 4.78 is 29.5. The van der Waals surface area contributed by atoms with E-state index in [9.17, 15) is 8.42 Å². The van der Waals surface area contributed by atoms with Crippen LogP contribution in [0.15, 0.2) is 29.2 Å². The van der Waals surface area contributed by atoms with Gasteiger partial charge in [-0.3, -0.25) is 0 Å². The fourth-order valence-corrected chi connectivity index (χ4v) is 3.94. The molecule has 1 fully saturated rings. The quantitative estimate of drug-likeness (QED) is 0.841. The van der Waals surface area contributed by atoms with E-state index in [-0.39, 0.29) is 5.75 Å². The summed E-state index contributed by atoms with van der Waals surface area (Å²) in [5, 5.41) is 3.49. The molecule has 0 spiro atoms. The summed E-state index contributed by atoms with van der Waals surface area (Å²) in [5.41, 5.74) is 0. The van der Waals surface area contributed by atoms with Crippen LogP contribution in [0.1, 0.15) is 39.0 Å². The summed E-state index contributed by atoms with van der Waals surface area (Å²) >= 11 is 0. The van der Waals surface area contributed by atoms with Crippen molar-refractivity contribution in [2.75, 3.05) is 18.9 Å². The van der Waals surface area contributed by atoms with E-state index in [1.54, 1.807) is 24.3 Å². The molecule has 0 amide bonds. The van der Waals surface area contributed by atoms with E-state index >= 15 is 0 Å². The maximum atomic E-state index is 11.9. The SMILES string of the molecule is CCCS(=O)(=O)c1ccc(OCCC2CCCCN2)cc1. The van der Waals surface area contributed by atoms with Crippen molar-refractivity contribution in [2.45, 2.75) is 50.0 Å². The fourth-order valence-electron chi connectivity index (χ4n) is 2.62. The molecule has 1 aromatic rings. The van der Waals surface area contributed by atoms with Crippen LogP contribution in [0.4, 0.5) is 0 Å². The zero-order valence-electron chi connectivity index (χ0n) is 12.7. The molecule has 1 unspecified atom stereocenters. The van der Waals surface area contributed by atoms with E-state index in [4.69, 9.17) is 4.74 Å². The Bertz CT molecular complexity index is 519. The zero-order valence-corrected chi connectivity index (χ0v) is 13.5. The van der Waals surface area contributed by atoms with Crippen molar-refractivity contribution in [1.82, 2.24) is 5.32 Å². The van der Waals surface area contributed by atoms with Gasteiger partial charge < -0.3 is 10.1 Å². The van der Waals surface area contributed by atoms with Crippen LogP contribution < -0.4 is 10.1 Å². The Morgan fingerprint density at radius 2 is 2.00 bits per heavy atom. The average molecular weight is 311 g/mol. The Kier molecular flexibility index (Phi) is 6.06.